The molecule has 0 saturated carbocycles. The van der Waals surface area contributed by atoms with E-state index in [4.69, 9.17) is 5.26 Å². The van der Waals surface area contributed by atoms with Crippen molar-refractivity contribution in [2.45, 2.75) is 6.54 Å². The molecule has 2 heterocycles. The van der Waals surface area contributed by atoms with Crippen molar-refractivity contribution < 1.29 is 0 Å². The zero-order valence-electron chi connectivity index (χ0n) is 8.79. The van der Waals surface area contributed by atoms with Crippen LogP contribution in [0.3, 0.4) is 0 Å². The van der Waals surface area contributed by atoms with Gasteiger partial charge in [0.15, 0.2) is 5.82 Å². The van der Waals surface area contributed by atoms with Crippen LogP contribution in [0.2, 0.25) is 0 Å². The predicted octanol–water partition coefficient (Wildman–Crippen LogP) is 2.05. The third-order valence-electron chi connectivity index (χ3n) is 2.16. The van der Waals surface area contributed by atoms with Crippen LogP contribution in [0, 0.1) is 11.3 Å². The first-order chi connectivity index (χ1) is 7.81. The number of nitriles is 1. The first-order valence-electron chi connectivity index (χ1n) is 4.76. The second-order valence-electron chi connectivity index (χ2n) is 3.32. The number of thiophene rings is 1. The summed E-state index contributed by atoms with van der Waals surface area (Å²) in [5.41, 5.74) is 0.550. The van der Waals surface area contributed by atoms with E-state index in [0.29, 0.717) is 11.4 Å². The zero-order valence-corrected chi connectivity index (χ0v) is 9.61. The lowest BCUT2D eigenvalue weighted by Gasteiger charge is -2.17. The van der Waals surface area contributed by atoms with Crippen LogP contribution in [-0.4, -0.2) is 17.2 Å². The van der Waals surface area contributed by atoms with E-state index in [0.717, 1.165) is 6.54 Å². The largest absolute Gasteiger partial charge is 0.352 e. The van der Waals surface area contributed by atoms with Gasteiger partial charge < -0.3 is 4.90 Å². The highest BCUT2D eigenvalue weighted by Gasteiger charge is 2.09. The number of hydrogen-bond acceptors (Lipinski definition) is 5. The molecular weight excluding hydrogens is 220 g/mol. The molecule has 0 bridgehead atoms. The van der Waals surface area contributed by atoms with Gasteiger partial charge in [0.1, 0.15) is 6.07 Å². The van der Waals surface area contributed by atoms with E-state index in [1.165, 1.54) is 11.1 Å². The fraction of sp³-hybridized carbons (Fsp3) is 0.182. The third kappa shape index (κ3) is 2.18. The molecule has 16 heavy (non-hydrogen) atoms. The van der Waals surface area contributed by atoms with Gasteiger partial charge in [0.05, 0.1) is 18.3 Å². The maximum atomic E-state index is 8.95. The van der Waals surface area contributed by atoms with Gasteiger partial charge in [0.25, 0.3) is 0 Å². The van der Waals surface area contributed by atoms with Gasteiger partial charge in [-0.1, -0.05) is 6.07 Å². The molecule has 2 aromatic rings. The van der Waals surface area contributed by atoms with Gasteiger partial charge in [-0.3, -0.25) is 0 Å². The van der Waals surface area contributed by atoms with Crippen LogP contribution in [0.4, 0.5) is 5.82 Å². The number of aromatic nitrogens is 2. The van der Waals surface area contributed by atoms with Crippen molar-refractivity contribution in [1.82, 2.24) is 10.2 Å². The van der Waals surface area contributed by atoms with E-state index in [2.05, 4.69) is 22.3 Å². The Balaban J connectivity index is 2.21. The Morgan fingerprint density at radius 3 is 3.06 bits per heavy atom. The lowest BCUT2D eigenvalue weighted by molar-refractivity contribution is 0.873. The molecule has 5 heteroatoms. The SMILES string of the molecule is CN(Cc1cccs1)c1nnccc1C#N. The van der Waals surface area contributed by atoms with Crippen molar-refractivity contribution in [3.8, 4) is 6.07 Å². The van der Waals surface area contributed by atoms with Crippen molar-refractivity contribution in [2.75, 3.05) is 11.9 Å². The number of hydrogen-bond donors (Lipinski definition) is 0. The summed E-state index contributed by atoms with van der Waals surface area (Å²) in [6.45, 7) is 0.741. The molecule has 0 aromatic carbocycles. The molecule has 0 radical (unpaired) electrons. The van der Waals surface area contributed by atoms with Crippen LogP contribution in [0.15, 0.2) is 29.8 Å². The van der Waals surface area contributed by atoms with Crippen molar-refractivity contribution in [3.05, 3.63) is 40.2 Å². The summed E-state index contributed by atoms with van der Waals surface area (Å²) in [7, 11) is 1.91. The van der Waals surface area contributed by atoms with Gasteiger partial charge in [-0.25, -0.2) is 0 Å². The Morgan fingerprint density at radius 2 is 2.38 bits per heavy atom. The van der Waals surface area contributed by atoms with Crippen LogP contribution >= 0.6 is 11.3 Å². The third-order valence-corrected chi connectivity index (χ3v) is 3.02. The summed E-state index contributed by atoms with van der Waals surface area (Å²) >= 11 is 1.69. The quantitative estimate of drug-likeness (QED) is 0.809. The average molecular weight is 230 g/mol. The zero-order chi connectivity index (χ0) is 11.4. The molecule has 0 atom stereocenters. The van der Waals surface area contributed by atoms with E-state index >= 15 is 0 Å². The molecule has 80 valence electrons. The molecule has 4 nitrogen and oxygen atoms in total. The van der Waals surface area contributed by atoms with Gasteiger partial charge in [-0.05, 0) is 17.5 Å². The van der Waals surface area contributed by atoms with E-state index in [1.54, 1.807) is 17.4 Å². The molecule has 0 aliphatic heterocycles. The smallest absolute Gasteiger partial charge is 0.169 e. The monoisotopic (exact) mass is 230 g/mol. The fourth-order valence-corrected chi connectivity index (χ4v) is 2.16. The normalized spacial score (nSPS) is 9.75. The molecule has 0 amide bonds. The molecule has 0 unspecified atom stereocenters. The summed E-state index contributed by atoms with van der Waals surface area (Å²) in [6, 6.07) is 7.86. The van der Waals surface area contributed by atoms with E-state index < -0.39 is 0 Å². The highest BCUT2D eigenvalue weighted by molar-refractivity contribution is 7.09. The Morgan fingerprint density at radius 1 is 1.50 bits per heavy atom. The maximum Gasteiger partial charge on any atom is 0.169 e. The average Bonchev–Trinajstić information content (AvgIpc) is 2.81. The standard InChI is InChI=1S/C11H10N4S/c1-15(8-10-3-2-6-16-10)11-9(7-12)4-5-13-14-11/h2-6H,8H2,1H3. The molecule has 2 rings (SSSR count). The van der Waals surface area contributed by atoms with Gasteiger partial charge in [-0.2, -0.15) is 10.4 Å². The van der Waals surface area contributed by atoms with E-state index in [9.17, 15) is 0 Å². The van der Waals surface area contributed by atoms with Gasteiger partial charge >= 0.3 is 0 Å². The highest BCUT2D eigenvalue weighted by Crippen LogP contribution is 2.18. The first-order valence-corrected chi connectivity index (χ1v) is 5.64. The van der Waals surface area contributed by atoms with Crippen molar-refractivity contribution in [3.63, 3.8) is 0 Å². The van der Waals surface area contributed by atoms with Crippen LogP contribution < -0.4 is 4.90 Å². The minimum Gasteiger partial charge on any atom is -0.352 e. The van der Waals surface area contributed by atoms with E-state index in [1.807, 2.05) is 23.4 Å². The fourth-order valence-electron chi connectivity index (χ4n) is 1.40. The molecule has 2 aromatic heterocycles. The number of nitrogens with zero attached hydrogens (tertiary/aromatic N) is 4. The summed E-state index contributed by atoms with van der Waals surface area (Å²) < 4.78 is 0. The van der Waals surface area contributed by atoms with Crippen LogP contribution in [0.25, 0.3) is 0 Å². The minimum atomic E-state index is 0.550. The molecular formula is C11H10N4S. The molecule has 0 aliphatic carbocycles. The molecule has 0 N–H and O–H groups in total. The lowest BCUT2D eigenvalue weighted by atomic mass is 10.3. The maximum absolute atomic E-state index is 8.95. The topological polar surface area (TPSA) is 52.8 Å². The number of rotatable bonds is 3. The molecule has 0 fully saturated rings. The summed E-state index contributed by atoms with van der Waals surface area (Å²) in [4.78, 5) is 3.16. The van der Waals surface area contributed by atoms with Crippen molar-refractivity contribution in [1.29, 1.82) is 5.26 Å². The van der Waals surface area contributed by atoms with Crippen LogP contribution in [0.5, 0.6) is 0 Å². The summed E-state index contributed by atoms with van der Waals surface area (Å²) in [6.07, 6.45) is 1.53. The Bertz CT molecular complexity index is 501. The summed E-state index contributed by atoms with van der Waals surface area (Å²) in [5.74, 6) is 0.624. The van der Waals surface area contributed by atoms with E-state index in [-0.39, 0.29) is 0 Å². The number of anilines is 1. The lowest BCUT2D eigenvalue weighted by Crippen LogP contribution is -2.18. The van der Waals surface area contributed by atoms with Gasteiger partial charge in [0, 0.05) is 11.9 Å². The first kappa shape index (κ1) is 10.6. The minimum absolute atomic E-state index is 0.550. The van der Waals surface area contributed by atoms with Crippen molar-refractivity contribution in [2.24, 2.45) is 0 Å². The van der Waals surface area contributed by atoms with Crippen LogP contribution in [-0.2, 0) is 6.54 Å². The summed E-state index contributed by atoms with van der Waals surface area (Å²) in [5, 5.41) is 18.8. The second kappa shape index (κ2) is 4.73. The van der Waals surface area contributed by atoms with Gasteiger partial charge in [0.2, 0.25) is 0 Å². The van der Waals surface area contributed by atoms with Gasteiger partial charge in [-0.15, -0.1) is 16.4 Å². The Kier molecular flexibility index (Phi) is 3.13. The highest BCUT2D eigenvalue weighted by atomic mass is 32.1. The predicted molar refractivity (Wildman–Crippen MR) is 63.2 cm³/mol. The molecule has 0 aliphatic rings. The van der Waals surface area contributed by atoms with Crippen molar-refractivity contribution >= 4 is 17.2 Å². The Hall–Kier alpha value is -1.93. The molecule has 0 spiro atoms. The molecule has 0 saturated heterocycles. The second-order valence-corrected chi connectivity index (χ2v) is 4.35. The van der Waals surface area contributed by atoms with Crippen LogP contribution in [0.1, 0.15) is 10.4 Å². The Labute approximate surface area is 97.8 Å².